The fourth-order valence-corrected chi connectivity index (χ4v) is 3.61. The molecule has 4 nitrogen and oxygen atoms in total. The van der Waals surface area contributed by atoms with E-state index in [0.717, 1.165) is 27.9 Å². The van der Waals surface area contributed by atoms with Gasteiger partial charge in [-0.1, -0.05) is 66.7 Å². The summed E-state index contributed by atoms with van der Waals surface area (Å²) in [6.07, 6.45) is 1.81. The number of ether oxygens (including phenoxy) is 1. The van der Waals surface area contributed by atoms with Gasteiger partial charge in [-0.3, -0.25) is 0 Å². The Kier molecular flexibility index (Phi) is 4.92. The molecule has 0 saturated heterocycles. The van der Waals surface area contributed by atoms with Gasteiger partial charge in [0.15, 0.2) is 0 Å². The molecular formula is C27H19N3O. The number of allylic oxidation sites excluding steroid dienone is 1. The summed E-state index contributed by atoms with van der Waals surface area (Å²) in [6, 6.07) is 32.3. The number of rotatable bonds is 5. The van der Waals surface area contributed by atoms with Crippen LogP contribution in [-0.2, 0) is 6.61 Å². The van der Waals surface area contributed by atoms with Crippen LogP contribution in [0.1, 0.15) is 17.0 Å². The number of H-pyrrole nitrogens is 1. The maximum Gasteiger partial charge on any atom is 0.149 e. The van der Waals surface area contributed by atoms with Crippen molar-refractivity contribution >= 4 is 33.5 Å². The van der Waals surface area contributed by atoms with Crippen LogP contribution in [-0.4, -0.2) is 9.97 Å². The molecule has 0 unspecified atom stereocenters. The van der Waals surface area contributed by atoms with E-state index in [0.29, 0.717) is 18.0 Å². The van der Waals surface area contributed by atoms with Crippen molar-refractivity contribution in [2.45, 2.75) is 6.61 Å². The van der Waals surface area contributed by atoms with Gasteiger partial charge in [0.05, 0.1) is 16.6 Å². The second kappa shape index (κ2) is 8.17. The molecule has 0 saturated carbocycles. The van der Waals surface area contributed by atoms with Gasteiger partial charge < -0.3 is 9.72 Å². The molecule has 5 rings (SSSR count). The van der Waals surface area contributed by atoms with Crippen molar-refractivity contribution in [3.8, 4) is 11.8 Å². The number of aromatic nitrogens is 2. The van der Waals surface area contributed by atoms with Crippen LogP contribution in [0.15, 0.2) is 91.0 Å². The minimum absolute atomic E-state index is 0.447. The first-order valence-corrected chi connectivity index (χ1v) is 10.1. The molecule has 31 heavy (non-hydrogen) atoms. The van der Waals surface area contributed by atoms with Crippen LogP contribution >= 0.6 is 0 Å². The largest absolute Gasteiger partial charge is 0.488 e. The fourth-order valence-electron chi connectivity index (χ4n) is 3.61. The molecule has 0 fully saturated rings. The second-order valence-corrected chi connectivity index (χ2v) is 7.28. The van der Waals surface area contributed by atoms with E-state index in [-0.39, 0.29) is 0 Å². The molecule has 0 aliphatic rings. The van der Waals surface area contributed by atoms with Gasteiger partial charge in [-0.25, -0.2) is 4.98 Å². The zero-order chi connectivity index (χ0) is 21.0. The Morgan fingerprint density at radius 2 is 1.68 bits per heavy atom. The molecule has 0 amide bonds. The van der Waals surface area contributed by atoms with Crippen LogP contribution in [0.25, 0.3) is 33.5 Å². The Balaban J connectivity index is 1.43. The number of para-hydroxylation sites is 3. The lowest BCUT2D eigenvalue weighted by Gasteiger charge is -2.10. The quantitative estimate of drug-likeness (QED) is 0.349. The van der Waals surface area contributed by atoms with Crippen molar-refractivity contribution in [2.75, 3.05) is 0 Å². The van der Waals surface area contributed by atoms with Gasteiger partial charge >= 0.3 is 0 Å². The highest BCUT2D eigenvalue weighted by Gasteiger charge is 2.10. The van der Waals surface area contributed by atoms with Gasteiger partial charge in [0.25, 0.3) is 0 Å². The summed E-state index contributed by atoms with van der Waals surface area (Å²) >= 11 is 0. The van der Waals surface area contributed by atoms with Crippen LogP contribution < -0.4 is 4.74 Å². The highest BCUT2D eigenvalue weighted by molar-refractivity contribution is 5.91. The van der Waals surface area contributed by atoms with Crippen LogP contribution in [0, 0.1) is 11.3 Å². The van der Waals surface area contributed by atoms with Crippen LogP contribution in [0.2, 0.25) is 0 Å². The van der Waals surface area contributed by atoms with E-state index in [4.69, 9.17) is 4.74 Å². The topological polar surface area (TPSA) is 61.7 Å². The van der Waals surface area contributed by atoms with Crippen LogP contribution in [0.5, 0.6) is 5.75 Å². The molecule has 1 aromatic heterocycles. The minimum atomic E-state index is 0.447. The number of nitrogens with zero attached hydrogens (tertiary/aromatic N) is 2. The number of hydrogen-bond donors (Lipinski definition) is 1. The van der Waals surface area contributed by atoms with Crippen molar-refractivity contribution in [1.82, 2.24) is 9.97 Å². The summed E-state index contributed by atoms with van der Waals surface area (Å²) in [4.78, 5) is 7.76. The molecule has 1 N–H and O–H groups in total. The monoisotopic (exact) mass is 401 g/mol. The fraction of sp³-hybridized carbons (Fsp3) is 0.0370. The Morgan fingerprint density at radius 1 is 0.903 bits per heavy atom. The van der Waals surface area contributed by atoms with Crippen LogP contribution in [0.4, 0.5) is 0 Å². The van der Waals surface area contributed by atoms with E-state index in [9.17, 15) is 5.26 Å². The van der Waals surface area contributed by atoms with Crippen molar-refractivity contribution < 1.29 is 4.74 Å². The van der Waals surface area contributed by atoms with Gasteiger partial charge in [0.2, 0.25) is 0 Å². The molecular weight excluding hydrogens is 382 g/mol. The standard InChI is InChI=1S/C27H19N3O/c28-17-23(27-29-24-10-4-5-11-25(24)30-27)16-22-9-3-6-12-26(22)31-18-19-13-14-20-7-1-2-8-21(20)15-19/h1-16H,18H2,(H,29,30)/b23-16+. The van der Waals surface area contributed by atoms with Gasteiger partial charge in [-0.05, 0) is 46.7 Å². The molecule has 0 spiro atoms. The van der Waals surface area contributed by atoms with E-state index in [1.165, 1.54) is 10.8 Å². The number of imidazole rings is 1. The summed E-state index contributed by atoms with van der Waals surface area (Å²) in [6.45, 7) is 0.447. The van der Waals surface area contributed by atoms with E-state index in [1.54, 1.807) is 0 Å². The van der Waals surface area contributed by atoms with Gasteiger partial charge in [0.1, 0.15) is 24.3 Å². The summed E-state index contributed by atoms with van der Waals surface area (Å²) in [5, 5.41) is 12.1. The zero-order valence-electron chi connectivity index (χ0n) is 16.7. The number of nitrogens with one attached hydrogen (secondary N) is 1. The summed E-state index contributed by atoms with van der Waals surface area (Å²) in [7, 11) is 0. The van der Waals surface area contributed by atoms with Gasteiger partial charge in [0, 0.05) is 5.56 Å². The van der Waals surface area contributed by atoms with Gasteiger partial charge in [-0.15, -0.1) is 0 Å². The molecule has 148 valence electrons. The van der Waals surface area contributed by atoms with Gasteiger partial charge in [-0.2, -0.15) is 5.26 Å². The lowest BCUT2D eigenvalue weighted by atomic mass is 10.1. The van der Waals surface area contributed by atoms with Crippen LogP contribution in [0.3, 0.4) is 0 Å². The third kappa shape index (κ3) is 3.90. The first-order valence-electron chi connectivity index (χ1n) is 10.1. The van der Waals surface area contributed by atoms with E-state index in [1.807, 2.05) is 66.7 Å². The van der Waals surface area contributed by atoms with Crippen molar-refractivity contribution in [3.63, 3.8) is 0 Å². The predicted octanol–water partition coefficient (Wildman–Crippen LogP) is 6.36. The smallest absolute Gasteiger partial charge is 0.149 e. The molecule has 5 aromatic rings. The molecule has 0 atom stereocenters. The van der Waals surface area contributed by atoms with Crippen molar-refractivity contribution in [1.29, 1.82) is 5.26 Å². The maximum atomic E-state index is 9.75. The number of benzene rings is 4. The molecule has 4 aromatic carbocycles. The highest BCUT2D eigenvalue weighted by Crippen LogP contribution is 2.26. The number of hydrogen-bond acceptors (Lipinski definition) is 3. The molecule has 0 aliphatic heterocycles. The Morgan fingerprint density at radius 3 is 2.55 bits per heavy atom. The van der Waals surface area contributed by atoms with E-state index < -0.39 is 0 Å². The van der Waals surface area contributed by atoms with Crippen molar-refractivity contribution in [2.24, 2.45) is 0 Å². The third-order valence-corrected chi connectivity index (χ3v) is 5.19. The Bertz CT molecular complexity index is 1420. The number of fused-ring (bicyclic) bond motifs is 2. The summed E-state index contributed by atoms with van der Waals surface area (Å²) in [5.41, 5.74) is 4.12. The SMILES string of the molecule is N#C/C(=C\c1ccccc1OCc1ccc2ccccc2c1)c1nc2ccccc2[nH]1. The average molecular weight is 401 g/mol. The third-order valence-electron chi connectivity index (χ3n) is 5.19. The molecule has 0 aliphatic carbocycles. The lowest BCUT2D eigenvalue weighted by molar-refractivity contribution is 0.306. The second-order valence-electron chi connectivity index (χ2n) is 7.28. The summed E-state index contributed by atoms with van der Waals surface area (Å²) < 4.78 is 6.13. The molecule has 4 heteroatoms. The average Bonchev–Trinajstić information content (AvgIpc) is 3.26. The molecule has 0 bridgehead atoms. The number of aromatic amines is 1. The molecule has 1 heterocycles. The van der Waals surface area contributed by atoms with Crippen molar-refractivity contribution in [3.05, 3.63) is 108 Å². The first kappa shape index (κ1) is 18.7. The summed E-state index contributed by atoms with van der Waals surface area (Å²) in [5.74, 6) is 1.27. The van der Waals surface area contributed by atoms with E-state index >= 15 is 0 Å². The minimum Gasteiger partial charge on any atom is -0.488 e. The Hall–Kier alpha value is -4.36. The Labute approximate surface area is 180 Å². The zero-order valence-corrected chi connectivity index (χ0v) is 16.7. The lowest BCUT2D eigenvalue weighted by Crippen LogP contribution is -1.97. The first-order chi connectivity index (χ1) is 15.3. The normalized spacial score (nSPS) is 11.5. The highest BCUT2D eigenvalue weighted by atomic mass is 16.5. The van der Waals surface area contributed by atoms with E-state index in [2.05, 4.69) is 46.4 Å². The molecule has 0 radical (unpaired) electrons. The predicted molar refractivity (Wildman–Crippen MR) is 124 cm³/mol. The maximum absolute atomic E-state index is 9.75. The number of nitriles is 1.